The van der Waals surface area contributed by atoms with Crippen molar-refractivity contribution in [1.29, 1.82) is 0 Å². The second kappa shape index (κ2) is 4.80. The first-order valence-corrected chi connectivity index (χ1v) is 6.36. The number of aryl methyl sites for hydroxylation is 1. The van der Waals surface area contributed by atoms with Gasteiger partial charge >= 0.3 is 0 Å². The van der Waals surface area contributed by atoms with Crippen molar-refractivity contribution in [2.24, 2.45) is 0 Å². The minimum absolute atomic E-state index is 0.0498. The van der Waals surface area contributed by atoms with E-state index in [4.69, 9.17) is 27.6 Å². The molecular formula is C11H11Cl2NOS. The monoisotopic (exact) mass is 275 g/mol. The highest BCUT2D eigenvalue weighted by molar-refractivity contribution is 7.20. The number of rotatable bonds is 3. The second-order valence-corrected chi connectivity index (χ2v) is 5.75. The van der Waals surface area contributed by atoms with Gasteiger partial charge in [-0.1, -0.05) is 23.2 Å². The highest BCUT2D eigenvalue weighted by atomic mass is 35.5. The molecule has 0 saturated carbocycles. The number of thiophene rings is 1. The fourth-order valence-electron chi connectivity index (χ4n) is 1.66. The van der Waals surface area contributed by atoms with Gasteiger partial charge < -0.3 is 9.73 Å². The molecular weight excluding hydrogens is 265 g/mol. The Morgan fingerprint density at radius 2 is 2.19 bits per heavy atom. The van der Waals surface area contributed by atoms with Crippen molar-refractivity contribution in [1.82, 2.24) is 5.32 Å². The molecule has 1 atom stereocenters. The van der Waals surface area contributed by atoms with Crippen LogP contribution in [-0.4, -0.2) is 7.05 Å². The van der Waals surface area contributed by atoms with Gasteiger partial charge in [0, 0.05) is 5.56 Å². The highest BCUT2D eigenvalue weighted by Crippen LogP contribution is 2.38. The van der Waals surface area contributed by atoms with E-state index >= 15 is 0 Å². The summed E-state index contributed by atoms with van der Waals surface area (Å²) in [5, 5.41) is 3.19. The van der Waals surface area contributed by atoms with E-state index in [1.165, 1.54) is 11.3 Å². The fourth-order valence-corrected chi connectivity index (χ4v) is 3.19. The van der Waals surface area contributed by atoms with E-state index in [0.29, 0.717) is 8.67 Å². The van der Waals surface area contributed by atoms with Gasteiger partial charge in [-0.2, -0.15) is 0 Å². The van der Waals surface area contributed by atoms with Gasteiger partial charge in [0.2, 0.25) is 0 Å². The second-order valence-electron chi connectivity index (χ2n) is 3.47. The number of nitrogens with one attached hydrogen (secondary N) is 1. The lowest BCUT2D eigenvalue weighted by atomic mass is 10.1. The first-order valence-electron chi connectivity index (χ1n) is 4.79. The van der Waals surface area contributed by atoms with Gasteiger partial charge in [0.05, 0.1) is 21.0 Å². The smallest absolute Gasteiger partial charge is 0.128 e. The van der Waals surface area contributed by atoms with Gasteiger partial charge in [0.1, 0.15) is 5.76 Å². The zero-order chi connectivity index (χ0) is 11.7. The Morgan fingerprint density at radius 1 is 1.44 bits per heavy atom. The number of halogens is 2. The summed E-state index contributed by atoms with van der Waals surface area (Å²) in [7, 11) is 1.87. The van der Waals surface area contributed by atoms with Crippen LogP contribution < -0.4 is 5.32 Å². The van der Waals surface area contributed by atoms with Crippen molar-refractivity contribution < 1.29 is 4.42 Å². The molecule has 0 radical (unpaired) electrons. The fraction of sp³-hybridized carbons (Fsp3) is 0.273. The highest BCUT2D eigenvalue weighted by Gasteiger charge is 2.21. The maximum atomic E-state index is 6.14. The average molecular weight is 276 g/mol. The molecule has 86 valence electrons. The van der Waals surface area contributed by atoms with Crippen molar-refractivity contribution >= 4 is 34.5 Å². The first-order chi connectivity index (χ1) is 7.63. The molecule has 1 unspecified atom stereocenters. The van der Waals surface area contributed by atoms with Gasteiger partial charge in [0.25, 0.3) is 0 Å². The summed E-state index contributed by atoms with van der Waals surface area (Å²) in [4.78, 5) is 0. The molecule has 2 aromatic heterocycles. The summed E-state index contributed by atoms with van der Waals surface area (Å²) in [5.74, 6) is 0.874. The zero-order valence-electron chi connectivity index (χ0n) is 8.88. The van der Waals surface area contributed by atoms with Crippen LogP contribution in [0.25, 0.3) is 0 Å². The molecule has 0 spiro atoms. The molecule has 0 fully saturated rings. The van der Waals surface area contributed by atoms with Crippen LogP contribution in [-0.2, 0) is 0 Å². The number of furan rings is 1. The van der Waals surface area contributed by atoms with Crippen molar-refractivity contribution in [3.63, 3.8) is 0 Å². The summed E-state index contributed by atoms with van der Waals surface area (Å²) in [6.07, 6.45) is 1.68. The molecule has 2 nitrogen and oxygen atoms in total. The van der Waals surface area contributed by atoms with E-state index in [2.05, 4.69) is 5.32 Å². The van der Waals surface area contributed by atoms with Crippen LogP contribution in [0.3, 0.4) is 0 Å². The lowest BCUT2D eigenvalue weighted by Crippen LogP contribution is -2.17. The van der Waals surface area contributed by atoms with E-state index < -0.39 is 0 Å². The number of hydrogen-bond donors (Lipinski definition) is 1. The van der Waals surface area contributed by atoms with Crippen molar-refractivity contribution in [2.75, 3.05) is 7.05 Å². The standard InChI is InChI=1S/C11H11Cl2NOS/c1-6-3-4-15-10(6)9(14-2)7-5-8(12)16-11(7)13/h3-5,9,14H,1-2H3. The Morgan fingerprint density at radius 3 is 2.62 bits per heavy atom. The summed E-state index contributed by atoms with van der Waals surface area (Å²) in [5.41, 5.74) is 2.05. The Kier molecular flexibility index (Phi) is 3.60. The third kappa shape index (κ3) is 2.13. The molecule has 5 heteroatoms. The quantitative estimate of drug-likeness (QED) is 0.905. The lowest BCUT2D eigenvalue weighted by Gasteiger charge is -2.13. The van der Waals surface area contributed by atoms with Crippen molar-refractivity contribution in [3.05, 3.63) is 44.0 Å². The summed E-state index contributed by atoms with van der Waals surface area (Å²) in [6, 6.07) is 3.76. The molecule has 2 heterocycles. The molecule has 0 amide bonds. The molecule has 1 N–H and O–H groups in total. The van der Waals surface area contributed by atoms with E-state index in [0.717, 1.165) is 16.9 Å². The Bertz CT molecular complexity index is 492. The third-order valence-electron chi connectivity index (χ3n) is 2.45. The zero-order valence-corrected chi connectivity index (χ0v) is 11.2. The SMILES string of the molecule is CNC(c1cc(Cl)sc1Cl)c1occc1C. The maximum Gasteiger partial charge on any atom is 0.128 e. The van der Waals surface area contributed by atoms with E-state index in [9.17, 15) is 0 Å². The summed E-state index contributed by atoms with van der Waals surface area (Å²) < 4.78 is 6.86. The van der Waals surface area contributed by atoms with Crippen LogP contribution in [0, 0.1) is 6.92 Å². The van der Waals surface area contributed by atoms with Crippen LogP contribution in [0.2, 0.25) is 8.67 Å². The summed E-state index contributed by atoms with van der Waals surface area (Å²) >= 11 is 13.4. The minimum atomic E-state index is -0.0498. The van der Waals surface area contributed by atoms with Gasteiger partial charge in [-0.25, -0.2) is 0 Å². The third-order valence-corrected chi connectivity index (χ3v) is 3.96. The molecule has 2 aromatic rings. The molecule has 0 aliphatic rings. The van der Waals surface area contributed by atoms with Crippen molar-refractivity contribution in [2.45, 2.75) is 13.0 Å². The van der Waals surface area contributed by atoms with Crippen LogP contribution in [0.5, 0.6) is 0 Å². The largest absolute Gasteiger partial charge is 0.467 e. The van der Waals surface area contributed by atoms with Gasteiger partial charge in [-0.05, 0) is 31.7 Å². The molecule has 16 heavy (non-hydrogen) atoms. The molecule has 0 aliphatic heterocycles. The lowest BCUT2D eigenvalue weighted by molar-refractivity contribution is 0.461. The maximum absolute atomic E-state index is 6.14. The topological polar surface area (TPSA) is 25.2 Å². The van der Waals surface area contributed by atoms with Crippen LogP contribution in [0.1, 0.15) is 22.9 Å². The molecule has 0 saturated heterocycles. The molecule has 0 aliphatic carbocycles. The van der Waals surface area contributed by atoms with Crippen LogP contribution >= 0.6 is 34.5 Å². The molecule has 0 bridgehead atoms. The Labute approximate surface area is 108 Å². The van der Waals surface area contributed by atoms with Crippen LogP contribution in [0.15, 0.2) is 22.8 Å². The average Bonchev–Trinajstić information content (AvgIpc) is 2.77. The predicted octanol–water partition coefficient (Wildman–Crippen LogP) is 4.27. The van der Waals surface area contributed by atoms with E-state index in [-0.39, 0.29) is 6.04 Å². The van der Waals surface area contributed by atoms with Gasteiger partial charge in [-0.3, -0.25) is 0 Å². The minimum Gasteiger partial charge on any atom is -0.467 e. The van der Waals surface area contributed by atoms with Crippen LogP contribution in [0.4, 0.5) is 0 Å². The summed E-state index contributed by atoms with van der Waals surface area (Å²) in [6.45, 7) is 2.01. The van der Waals surface area contributed by atoms with E-state index in [1.807, 2.05) is 26.1 Å². The molecule has 0 aromatic carbocycles. The van der Waals surface area contributed by atoms with Gasteiger partial charge in [-0.15, -0.1) is 11.3 Å². The molecule has 2 rings (SSSR count). The van der Waals surface area contributed by atoms with Crippen molar-refractivity contribution in [3.8, 4) is 0 Å². The van der Waals surface area contributed by atoms with E-state index in [1.54, 1.807) is 6.26 Å². The predicted molar refractivity (Wildman–Crippen MR) is 68.7 cm³/mol. The Balaban J connectivity index is 2.44. The first kappa shape index (κ1) is 12.0. The normalized spacial score (nSPS) is 13.0. The number of hydrogen-bond acceptors (Lipinski definition) is 3. The Hall–Kier alpha value is -0.480. The van der Waals surface area contributed by atoms with Gasteiger partial charge in [0.15, 0.2) is 0 Å².